The molecule has 21 heavy (non-hydrogen) atoms. The van der Waals surface area contributed by atoms with Gasteiger partial charge in [-0.2, -0.15) is 0 Å². The Morgan fingerprint density at radius 2 is 2.05 bits per heavy atom. The molecule has 1 aromatic carbocycles. The van der Waals surface area contributed by atoms with Gasteiger partial charge >= 0.3 is 0 Å². The zero-order chi connectivity index (χ0) is 15.2. The lowest BCUT2D eigenvalue weighted by atomic mass is 10.1. The molecular weight excluding hydrogens is 280 g/mol. The number of carbonyl (C=O) groups is 1. The summed E-state index contributed by atoms with van der Waals surface area (Å²) in [6.07, 6.45) is 0.889. The molecule has 1 atom stereocenters. The van der Waals surface area contributed by atoms with Gasteiger partial charge in [0.1, 0.15) is 6.04 Å². The summed E-state index contributed by atoms with van der Waals surface area (Å²) in [5, 5.41) is 8.27. The van der Waals surface area contributed by atoms with E-state index in [4.69, 9.17) is 0 Å². The molecule has 0 radical (unpaired) electrons. The van der Waals surface area contributed by atoms with Gasteiger partial charge in [0, 0.05) is 17.1 Å². The predicted molar refractivity (Wildman–Crippen MR) is 90.0 cm³/mol. The Bertz CT molecular complexity index is 593. The van der Waals surface area contributed by atoms with E-state index < -0.39 is 0 Å². The molecule has 2 rings (SSSR count). The summed E-state index contributed by atoms with van der Waals surface area (Å²) < 4.78 is 0. The monoisotopic (exact) mass is 302 g/mol. The molecule has 112 valence electrons. The number of thiophene rings is 1. The zero-order valence-electron chi connectivity index (χ0n) is 12.8. The Morgan fingerprint density at radius 1 is 1.24 bits per heavy atom. The van der Waals surface area contributed by atoms with Crippen molar-refractivity contribution in [2.75, 3.05) is 11.9 Å². The maximum Gasteiger partial charge on any atom is 0.242 e. The quantitative estimate of drug-likeness (QED) is 0.857. The normalized spacial score (nSPS) is 12.0. The molecule has 0 fully saturated rings. The smallest absolute Gasteiger partial charge is 0.242 e. The number of aryl methyl sites for hydroxylation is 2. The Balaban J connectivity index is 1.80. The van der Waals surface area contributed by atoms with Crippen molar-refractivity contribution in [2.24, 2.45) is 0 Å². The van der Waals surface area contributed by atoms with Crippen molar-refractivity contribution in [2.45, 2.75) is 33.2 Å². The van der Waals surface area contributed by atoms with Gasteiger partial charge in [-0.15, -0.1) is 11.3 Å². The van der Waals surface area contributed by atoms with Crippen LogP contribution in [0.4, 0.5) is 5.69 Å². The topological polar surface area (TPSA) is 41.1 Å². The fourth-order valence-corrected chi connectivity index (χ4v) is 2.77. The Hall–Kier alpha value is -1.81. The second-order valence-corrected chi connectivity index (χ2v) is 6.32. The molecule has 1 amide bonds. The molecule has 0 spiro atoms. The Kier molecular flexibility index (Phi) is 5.39. The van der Waals surface area contributed by atoms with Crippen molar-refractivity contribution >= 4 is 22.9 Å². The van der Waals surface area contributed by atoms with E-state index in [1.165, 1.54) is 16.0 Å². The van der Waals surface area contributed by atoms with Gasteiger partial charge in [0.2, 0.25) is 5.91 Å². The van der Waals surface area contributed by atoms with Crippen LogP contribution in [0.25, 0.3) is 0 Å². The largest absolute Gasteiger partial charge is 0.374 e. The molecule has 0 aliphatic heterocycles. The van der Waals surface area contributed by atoms with E-state index in [0.717, 1.165) is 12.1 Å². The van der Waals surface area contributed by atoms with E-state index >= 15 is 0 Å². The van der Waals surface area contributed by atoms with Gasteiger partial charge in [0.05, 0.1) is 0 Å². The van der Waals surface area contributed by atoms with Crippen LogP contribution in [-0.2, 0) is 11.2 Å². The van der Waals surface area contributed by atoms with Gasteiger partial charge in [0.25, 0.3) is 0 Å². The second-order valence-electron chi connectivity index (χ2n) is 5.29. The van der Waals surface area contributed by atoms with Crippen LogP contribution in [0, 0.1) is 13.8 Å². The van der Waals surface area contributed by atoms with E-state index in [1.54, 1.807) is 11.3 Å². The summed E-state index contributed by atoms with van der Waals surface area (Å²) in [4.78, 5) is 13.4. The maximum atomic E-state index is 12.1. The van der Waals surface area contributed by atoms with Gasteiger partial charge < -0.3 is 10.6 Å². The molecule has 0 aliphatic rings. The molecule has 0 unspecified atom stereocenters. The number of carbonyl (C=O) groups excluding carboxylic acids is 1. The third-order valence-corrected chi connectivity index (χ3v) is 4.47. The van der Waals surface area contributed by atoms with Crippen molar-refractivity contribution in [1.82, 2.24) is 5.32 Å². The first-order valence-corrected chi connectivity index (χ1v) is 8.08. The minimum Gasteiger partial charge on any atom is -0.374 e. The van der Waals surface area contributed by atoms with Crippen LogP contribution in [0.15, 0.2) is 35.7 Å². The molecule has 1 aromatic heterocycles. The molecular formula is C17H22N2OS. The fraction of sp³-hybridized carbons (Fsp3) is 0.353. The first-order valence-electron chi connectivity index (χ1n) is 7.20. The average Bonchev–Trinajstić information content (AvgIpc) is 2.96. The van der Waals surface area contributed by atoms with Gasteiger partial charge in [0.15, 0.2) is 0 Å². The van der Waals surface area contributed by atoms with Gasteiger partial charge in [-0.25, -0.2) is 0 Å². The number of amides is 1. The summed E-state index contributed by atoms with van der Waals surface area (Å²) >= 11 is 1.72. The number of rotatable bonds is 6. The van der Waals surface area contributed by atoms with E-state index in [-0.39, 0.29) is 11.9 Å². The molecule has 0 aliphatic carbocycles. The van der Waals surface area contributed by atoms with Crippen molar-refractivity contribution in [3.63, 3.8) is 0 Å². The highest BCUT2D eigenvalue weighted by atomic mass is 32.1. The molecule has 2 N–H and O–H groups in total. The first kappa shape index (κ1) is 15.6. The summed E-state index contributed by atoms with van der Waals surface area (Å²) in [5.41, 5.74) is 3.47. The van der Waals surface area contributed by atoms with Gasteiger partial charge in [-0.3, -0.25) is 4.79 Å². The van der Waals surface area contributed by atoms with Crippen LogP contribution < -0.4 is 10.6 Å². The van der Waals surface area contributed by atoms with Crippen molar-refractivity contribution in [1.29, 1.82) is 0 Å². The van der Waals surface area contributed by atoms with Crippen molar-refractivity contribution in [3.8, 4) is 0 Å². The third kappa shape index (κ3) is 4.60. The average molecular weight is 302 g/mol. The Labute approximate surface area is 130 Å². The summed E-state index contributed by atoms with van der Waals surface area (Å²) in [5.74, 6) is 0.0322. The minimum atomic E-state index is -0.240. The standard InChI is InChI=1S/C17H22N2OS/c1-12-6-7-15(11-13(12)2)19-14(3)17(20)18-9-8-16-5-4-10-21-16/h4-7,10-11,14,19H,8-9H2,1-3H3,(H,18,20)/t14-/m0/s1. The van der Waals surface area contributed by atoms with Crippen LogP contribution in [0.2, 0.25) is 0 Å². The Morgan fingerprint density at radius 3 is 2.71 bits per heavy atom. The minimum absolute atomic E-state index is 0.0322. The number of hydrogen-bond acceptors (Lipinski definition) is 3. The number of hydrogen-bond donors (Lipinski definition) is 2. The molecule has 0 bridgehead atoms. The van der Waals surface area contributed by atoms with Crippen LogP contribution >= 0.6 is 11.3 Å². The van der Waals surface area contributed by atoms with Crippen LogP contribution in [0.5, 0.6) is 0 Å². The number of benzene rings is 1. The summed E-state index contributed by atoms with van der Waals surface area (Å²) in [6.45, 7) is 6.72. The van der Waals surface area contributed by atoms with Gasteiger partial charge in [-0.1, -0.05) is 12.1 Å². The second kappa shape index (κ2) is 7.27. The molecule has 0 saturated heterocycles. The van der Waals surface area contributed by atoms with Crippen LogP contribution in [0.1, 0.15) is 22.9 Å². The summed E-state index contributed by atoms with van der Waals surface area (Å²) in [7, 11) is 0. The maximum absolute atomic E-state index is 12.1. The van der Waals surface area contributed by atoms with E-state index in [1.807, 2.05) is 19.1 Å². The molecule has 1 heterocycles. The highest BCUT2D eigenvalue weighted by Crippen LogP contribution is 2.15. The van der Waals surface area contributed by atoms with E-state index in [2.05, 4.69) is 48.1 Å². The lowest BCUT2D eigenvalue weighted by Crippen LogP contribution is -2.38. The van der Waals surface area contributed by atoms with Gasteiger partial charge in [-0.05, 0) is 61.9 Å². The third-order valence-electron chi connectivity index (χ3n) is 3.53. The number of nitrogens with one attached hydrogen (secondary N) is 2. The zero-order valence-corrected chi connectivity index (χ0v) is 13.6. The van der Waals surface area contributed by atoms with E-state index in [0.29, 0.717) is 6.54 Å². The number of anilines is 1. The summed E-state index contributed by atoms with van der Waals surface area (Å²) in [6, 6.07) is 10.0. The first-order chi connectivity index (χ1) is 10.1. The predicted octanol–water partition coefficient (Wildman–Crippen LogP) is 3.52. The van der Waals surface area contributed by atoms with Crippen LogP contribution in [0.3, 0.4) is 0 Å². The fourth-order valence-electron chi connectivity index (χ4n) is 2.06. The van der Waals surface area contributed by atoms with Crippen molar-refractivity contribution in [3.05, 3.63) is 51.7 Å². The molecule has 3 nitrogen and oxygen atoms in total. The molecule has 0 saturated carbocycles. The van der Waals surface area contributed by atoms with Crippen LogP contribution in [-0.4, -0.2) is 18.5 Å². The highest BCUT2D eigenvalue weighted by molar-refractivity contribution is 7.09. The molecule has 2 aromatic rings. The molecule has 4 heteroatoms. The SMILES string of the molecule is Cc1ccc(N[C@@H](C)C(=O)NCCc2cccs2)cc1C. The van der Waals surface area contributed by atoms with Crippen molar-refractivity contribution < 1.29 is 4.79 Å². The van der Waals surface area contributed by atoms with E-state index in [9.17, 15) is 4.79 Å². The highest BCUT2D eigenvalue weighted by Gasteiger charge is 2.12. The lowest BCUT2D eigenvalue weighted by Gasteiger charge is -2.16. The lowest BCUT2D eigenvalue weighted by molar-refractivity contribution is -0.121.